The summed E-state index contributed by atoms with van der Waals surface area (Å²) in [4.78, 5) is 8.72. The van der Waals surface area contributed by atoms with Crippen LogP contribution in [0.1, 0.15) is 45.2 Å². The van der Waals surface area contributed by atoms with E-state index in [1.807, 2.05) is 0 Å². The lowest BCUT2D eigenvalue weighted by molar-refractivity contribution is 0.747. The van der Waals surface area contributed by atoms with Gasteiger partial charge in [-0.2, -0.15) is 0 Å². The molecule has 0 bridgehead atoms. The normalized spacial score (nSPS) is 21.0. The van der Waals surface area contributed by atoms with Gasteiger partial charge in [0.25, 0.3) is 0 Å². The lowest BCUT2D eigenvalue weighted by Crippen LogP contribution is -2.28. The number of hydrogen-bond donors (Lipinski definition) is 1. The van der Waals surface area contributed by atoms with E-state index in [-0.39, 0.29) is 23.9 Å². The zero-order valence-electron chi connectivity index (χ0n) is 29.9. The molecule has 7 aromatic rings. The van der Waals surface area contributed by atoms with Crippen LogP contribution in [0.25, 0.3) is 33.0 Å². The molecule has 2 aliphatic carbocycles. The number of para-hydroxylation sites is 2. The zero-order valence-corrected chi connectivity index (χ0v) is 29.9. The molecule has 254 valence electrons. The predicted octanol–water partition coefficient (Wildman–Crippen LogP) is 12.5. The Morgan fingerprint density at radius 2 is 0.906 bits per heavy atom. The van der Waals surface area contributed by atoms with E-state index in [9.17, 15) is 0 Å². The fourth-order valence-electron chi connectivity index (χ4n) is 9.35. The minimum absolute atomic E-state index is 0.255. The Balaban J connectivity index is 0.945. The predicted molar refractivity (Wildman–Crippen MR) is 223 cm³/mol. The number of nitrogens with one attached hydrogen (secondary N) is 1. The molecule has 1 aromatic heterocycles. The Labute approximate surface area is 310 Å². The highest BCUT2D eigenvalue weighted by Crippen LogP contribution is 2.51. The molecule has 4 unspecified atom stereocenters. The van der Waals surface area contributed by atoms with Gasteiger partial charge >= 0.3 is 0 Å². The van der Waals surface area contributed by atoms with Crippen LogP contribution in [0, 0.1) is 13.8 Å². The van der Waals surface area contributed by atoms with Crippen molar-refractivity contribution in [2.24, 2.45) is 0 Å². The van der Waals surface area contributed by atoms with Crippen molar-refractivity contribution in [1.29, 1.82) is 0 Å². The summed E-state index contributed by atoms with van der Waals surface area (Å²) in [6.07, 6.45) is 14.5. The molecule has 0 radical (unpaired) electrons. The minimum Gasteiger partial charge on any atom is -0.355 e. The molecule has 0 fully saturated rings. The number of hydrogen-bond acceptors (Lipinski definition) is 2. The van der Waals surface area contributed by atoms with Gasteiger partial charge in [0.15, 0.2) is 0 Å². The third-order valence-corrected chi connectivity index (χ3v) is 12.0. The van der Waals surface area contributed by atoms with Crippen LogP contribution in [0.5, 0.6) is 0 Å². The summed E-state index contributed by atoms with van der Waals surface area (Å²) < 4.78 is 0. The molecule has 2 aliphatic heterocycles. The van der Waals surface area contributed by atoms with Crippen LogP contribution in [-0.4, -0.2) is 17.1 Å². The van der Waals surface area contributed by atoms with E-state index >= 15 is 0 Å². The summed E-state index contributed by atoms with van der Waals surface area (Å²) in [5.41, 5.74) is 17.8. The quantitative estimate of drug-likeness (QED) is 0.200. The van der Waals surface area contributed by atoms with Gasteiger partial charge < -0.3 is 14.8 Å². The van der Waals surface area contributed by atoms with Crippen LogP contribution in [0.3, 0.4) is 0 Å². The first-order chi connectivity index (χ1) is 26.1. The fourth-order valence-corrected chi connectivity index (χ4v) is 9.35. The molecule has 0 spiro atoms. The molecular formula is C50H39N3. The van der Waals surface area contributed by atoms with Gasteiger partial charge in [0, 0.05) is 56.4 Å². The van der Waals surface area contributed by atoms with Crippen molar-refractivity contribution in [3.63, 3.8) is 0 Å². The SMILES string of the molecule is Cc1ccc(N2c3ccccc3C3C=C(c4ccc5[nH]c6ccc(C7=CC8c9ccccc9N(c9ccc(C)cc9)C8C=C7)cc6c5c4)C=CC32)cc1. The second kappa shape index (κ2) is 11.6. The van der Waals surface area contributed by atoms with Gasteiger partial charge in [-0.25, -0.2) is 0 Å². The van der Waals surface area contributed by atoms with Crippen molar-refractivity contribution in [3.8, 4) is 0 Å². The van der Waals surface area contributed by atoms with Crippen molar-refractivity contribution in [2.75, 3.05) is 9.80 Å². The number of allylic oxidation sites excluding steroid dienone is 4. The van der Waals surface area contributed by atoms with Crippen molar-refractivity contribution in [2.45, 2.75) is 37.8 Å². The summed E-state index contributed by atoms with van der Waals surface area (Å²) in [6.45, 7) is 4.30. The second-order valence-electron chi connectivity index (χ2n) is 15.2. The fraction of sp³-hybridized carbons (Fsp3) is 0.120. The molecule has 0 saturated carbocycles. The van der Waals surface area contributed by atoms with E-state index in [0.717, 1.165) is 0 Å². The smallest absolute Gasteiger partial charge is 0.0630 e. The molecule has 3 heterocycles. The van der Waals surface area contributed by atoms with Gasteiger partial charge in [0.1, 0.15) is 0 Å². The molecule has 11 rings (SSSR count). The number of benzene rings is 6. The maximum atomic E-state index is 3.71. The van der Waals surface area contributed by atoms with Crippen LogP contribution in [-0.2, 0) is 0 Å². The van der Waals surface area contributed by atoms with E-state index in [1.165, 1.54) is 89.1 Å². The van der Waals surface area contributed by atoms with E-state index in [2.05, 4.69) is 199 Å². The molecule has 53 heavy (non-hydrogen) atoms. The largest absolute Gasteiger partial charge is 0.355 e. The van der Waals surface area contributed by atoms with E-state index in [0.29, 0.717) is 0 Å². The highest BCUT2D eigenvalue weighted by Gasteiger charge is 2.39. The number of nitrogens with zero attached hydrogens (tertiary/aromatic N) is 2. The number of anilines is 4. The molecule has 6 aromatic carbocycles. The summed E-state index contributed by atoms with van der Waals surface area (Å²) in [5.74, 6) is 0.573. The van der Waals surface area contributed by atoms with Gasteiger partial charge in [-0.05, 0) is 108 Å². The maximum absolute atomic E-state index is 3.71. The third kappa shape index (κ3) is 4.73. The summed E-state index contributed by atoms with van der Waals surface area (Å²) in [5, 5.41) is 2.53. The van der Waals surface area contributed by atoms with Crippen molar-refractivity contribution >= 4 is 55.7 Å². The van der Waals surface area contributed by atoms with Gasteiger partial charge in [0.2, 0.25) is 0 Å². The number of aromatic amines is 1. The topological polar surface area (TPSA) is 22.3 Å². The monoisotopic (exact) mass is 681 g/mol. The Bertz CT molecular complexity index is 2530. The Kier molecular flexibility index (Phi) is 6.63. The number of rotatable bonds is 4. The Morgan fingerprint density at radius 3 is 1.36 bits per heavy atom. The highest BCUT2D eigenvalue weighted by atomic mass is 15.2. The van der Waals surface area contributed by atoms with Gasteiger partial charge in [-0.1, -0.05) is 120 Å². The molecule has 4 aliphatic rings. The van der Waals surface area contributed by atoms with Crippen LogP contribution >= 0.6 is 0 Å². The molecule has 4 atom stereocenters. The van der Waals surface area contributed by atoms with E-state index < -0.39 is 0 Å². The van der Waals surface area contributed by atoms with Gasteiger partial charge in [-0.15, -0.1) is 0 Å². The lowest BCUT2D eigenvalue weighted by Gasteiger charge is -2.30. The summed E-state index contributed by atoms with van der Waals surface area (Å²) >= 11 is 0. The standard InChI is InChI=1S/C50H39N3/c1-31-11-19-37(20-12-31)52-47-9-5-3-7-39(47)43-29-35(17-25-49(43)52)33-15-23-45-41(27-33)42-28-34(16-24-46(42)51-45)36-18-26-50-44(30-36)40-8-4-6-10-48(40)53(50)38-21-13-32(2)14-22-38/h3-30,43-44,49-51H,1-2H3. The van der Waals surface area contributed by atoms with Crippen molar-refractivity contribution < 1.29 is 0 Å². The van der Waals surface area contributed by atoms with Gasteiger partial charge in [-0.3, -0.25) is 0 Å². The van der Waals surface area contributed by atoms with Crippen LogP contribution < -0.4 is 9.80 Å². The first-order valence-corrected chi connectivity index (χ1v) is 18.8. The first kappa shape index (κ1) is 30.3. The van der Waals surface area contributed by atoms with Crippen LogP contribution in [0.2, 0.25) is 0 Å². The average Bonchev–Trinajstić information content (AvgIpc) is 3.85. The van der Waals surface area contributed by atoms with Crippen molar-refractivity contribution in [3.05, 3.63) is 203 Å². The van der Waals surface area contributed by atoms with E-state index in [1.54, 1.807) is 0 Å². The Morgan fingerprint density at radius 1 is 0.472 bits per heavy atom. The number of H-pyrrole nitrogens is 1. The van der Waals surface area contributed by atoms with Crippen LogP contribution in [0.4, 0.5) is 22.7 Å². The molecule has 3 heteroatoms. The zero-order chi connectivity index (χ0) is 35.2. The highest BCUT2D eigenvalue weighted by molar-refractivity contribution is 6.09. The third-order valence-electron chi connectivity index (χ3n) is 12.0. The first-order valence-electron chi connectivity index (χ1n) is 18.8. The minimum atomic E-state index is 0.255. The van der Waals surface area contributed by atoms with Gasteiger partial charge in [0.05, 0.1) is 12.1 Å². The summed E-state index contributed by atoms with van der Waals surface area (Å²) in [7, 11) is 0. The van der Waals surface area contributed by atoms with Crippen molar-refractivity contribution in [1.82, 2.24) is 4.98 Å². The van der Waals surface area contributed by atoms with Crippen LogP contribution in [0.15, 0.2) is 170 Å². The number of aromatic nitrogens is 1. The molecule has 0 amide bonds. The van der Waals surface area contributed by atoms with E-state index in [4.69, 9.17) is 0 Å². The Hall–Kier alpha value is -6.32. The number of fused-ring (bicyclic) bond motifs is 9. The summed E-state index contributed by atoms with van der Waals surface area (Å²) in [6, 6.07) is 50.1. The molecular weight excluding hydrogens is 643 g/mol. The maximum Gasteiger partial charge on any atom is 0.0630 e. The molecule has 1 N–H and O–H groups in total. The molecule has 3 nitrogen and oxygen atoms in total. The average molecular weight is 682 g/mol. The lowest BCUT2D eigenvalue weighted by atomic mass is 9.85. The second-order valence-corrected chi connectivity index (χ2v) is 15.2. The number of aryl methyl sites for hydroxylation is 2. The molecule has 0 saturated heterocycles.